The van der Waals surface area contributed by atoms with E-state index in [2.05, 4.69) is 43.7 Å². The molecule has 3 nitrogen and oxygen atoms in total. The van der Waals surface area contributed by atoms with Crippen LogP contribution in [0.4, 0.5) is 0 Å². The van der Waals surface area contributed by atoms with Crippen molar-refractivity contribution in [2.75, 3.05) is 0 Å². The molecule has 16 heavy (non-hydrogen) atoms. The van der Waals surface area contributed by atoms with Crippen LogP contribution in [0.1, 0.15) is 19.2 Å². The van der Waals surface area contributed by atoms with E-state index in [0.717, 1.165) is 39.2 Å². The first-order chi connectivity index (χ1) is 7.72. The maximum absolute atomic E-state index is 4.61. The van der Waals surface area contributed by atoms with Gasteiger partial charge in [0.15, 0.2) is 5.82 Å². The lowest BCUT2D eigenvalue weighted by Crippen LogP contribution is -2.18. The zero-order chi connectivity index (χ0) is 11.1. The molecule has 0 saturated carbocycles. The Morgan fingerprint density at radius 1 is 1.50 bits per heavy atom. The number of nitrogens with zero attached hydrogens (tertiary/aromatic N) is 3. The van der Waals surface area contributed by atoms with Gasteiger partial charge < -0.3 is 0 Å². The van der Waals surface area contributed by atoms with Crippen molar-refractivity contribution >= 4 is 27.3 Å². The molecular weight excluding hydrogens is 286 g/mol. The van der Waals surface area contributed by atoms with Gasteiger partial charge in [-0.1, -0.05) is 6.92 Å². The van der Waals surface area contributed by atoms with Crippen molar-refractivity contribution in [3.05, 3.63) is 21.7 Å². The second kappa shape index (κ2) is 3.96. The Morgan fingerprint density at radius 3 is 3.12 bits per heavy atom. The molecule has 5 heteroatoms. The molecule has 3 heterocycles. The fraction of sp³-hybridized carbons (Fsp3) is 0.455. The van der Waals surface area contributed by atoms with Crippen LogP contribution in [0.3, 0.4) is 0 Å². The summed E-state index contributed by atoms with van der Waals surface area (Å²) in [5.41, 5.74) is 0. The predicted octanol–water partition coefficient (Wildman–Crippen LogP) is 3.35. The zero-order valence-corrected chi connectivity index (χ0v) is 11.4. The number of aryl methyl sites for hydroxylation is 1. The molecule has 0 radical (unpaired) electrons. The Balaban J connectivity index is 1.98. The Labute approximate surface area is 107 Å². The van der Waals surface area contributed by atoms with Crippen LogP contribution in [-0.4, -0.2) is 14.8 Å². The Bertz CT molecular complexity index is 517. The largest absolute Gasteiger partial charge is 0.249 e. The van der Waals surface area contributed by atoms with Crippen molar-refractivity contribution in [3.8, 4) is 10.7 Å². The topological polar surface area (TPSA) is 30.7 Å². The number of hydrogen-bond donors (Lipinski definition) is 0. The second-order valence-electron chi connectivity index (χ2n) is 4.28. The van der Waals surface area contributed by atoms with Gasteiger partial charge in [0, 0.05) is 13.0 Å². The first-order valence-electron chi connectivity index (χ1n) is 5.42. The van der Waals surface area contributed by atoms with Crippen LogP contribution in [0.5, 0.6) is 0 Å². The fourth-order valence-corrected chi connectivity index (χ4v) is 3.32. The summed E-state index contributed by atoms with van der Waals surface area (Å²) in [5.74, 6) is 2.73. The third kappa shape index (κ3) is 1.82. The van der Waals surface area contributed by atoms with E-state index in [1.807, 2.05) is 6.07 Å². The number of thiophene rings is 1. The second-order valence-corrected chi connectivity index (χ2v) is 6.74. The van der Waals surface area contributed by atoms with E-state index in [0.29, 0.717) is 0 Å². The zero-order valence-electron chi connectivity index (χ0n) is 8.98. The van der Waals surface area contributed by atoms with Crippen molar-refractivity contribution in [3.63, 3.8) is 0 Å². The molecule has 0 aromatic carbocycles. The van der Waals surface area contributed by atoms with Crippen molar-refractivity contribution in [1.29, 1.82) is 0 Å². The van der Waals surface area contributed by atoms with E-state index >= 15 is 0 Å². The van der Waals surface area contributed by atoms with Crippen molar-refractivity contribution in [2.24, 2.45) is 5.92 Å². The molecule has 0 saturated heterocycles. The van der Waals surface area contributed by atoms with Gasteiger partial charge in [0.1, 0.15) is 5.82 Å². The highest BCUT2D eigenvalue weighted by atomic mass is 79.9. The highest BCUT2D eigenvalue weighted by molar-refractivity contribution is 9.11. The van der Waals surface area contributed by atoms with Crippen molar-refractivity contribution in [2.45, 2.75) is 26.3 Å². The molecule has 84 valence electrons. The first kappa shape index (κ1) is 10.5. The van der Waals surface area contributed by atoms with Gasteiger partial charge in [-0.05, 0) is 40.4 Å². The minimum absolute atomic E-state index is 0.720. The maximum Gasteiger partial charge on any atom is 0.191 e. The van der Waals surface area contributed by atoms with Crippen LogP contribution in [-0.2, 0) is 13.0 Å². The van der Waals surface area contributed by atoms with E-state index in [1.165, 1.54) is 6.42 Å². The molecule has 0 aliphatic carbocycles. The van der Waals surface area contributed by atoms with Gasteiger partial charge >= 0.3 is 0 Å². The highest BCUT2D eigenvalue weighted by Crippen LogP contribution is 2.30. The van der Waals surface area contributed by atoms with Crippen molar-refractivity contribution < 1.29 is 0 Å². The van der Waals surface area contributed by atoms with Gasteiger partial charge in [0.2, 0.25) is 0 Å². The van der Waals surface area contributed by atoms with Gasteiger partial charge in [-0.15, -0.1) is 16.4 Å². The minimum Gasteiger partial charge on any atom is -0.249 e. The van der Waals surface area contributed by atoms with Gasteiger partial charge in [-0.25, -0.2) is 9.67 Å². The lowest BCUT2D eigenvalue weighted by molar-refractivity contribution is 0.368. The number of hydrogen-bond acceptors (Lipinski definition) is 3. The number of rotatable bonds is 1. The third-order valence-electron chi connectivity index (χ3n) is 2.89. The van der Waals surface area contributed by atoms with Gasteiger partial charge in [0.25, 0.3) is 0 Å². The molecule has 1 atom stereocenters. The predicted molar refractivity (Wildman–Crippen MR) is 68.5 cm³/mol. The van der Waals surface area contributed by atoms with E-state index in [4.69, 9.17) is 0 Å². The smallest absolute Gasteiger partial charge is 0.191 e. The Hall–Kier alpha value is -0.680. The van der Waals surface area contributed by atoms with Crippen LogP contribution in [0.2, 0.25) is 0 Å². The third-order valence-corrected chi connectivity index (χ3v) is 4.51. The molecule has 0 bridgehead atoms. The van der Waals surface area contributed by atoms with Crippen LogP contribution in [0, 0.1) is 5.92 Å². The summed E-state index contributed by atoms with van der Waals surface area (Å²) < 4.78 is 3.19. The molecule has 2 aromatic heterocycles. The lowest BCUT2D eigenvalue weighted by atomic mass is 10.0. The summed E-state index contributed by atoms with van der Waals surface area (Å²) in [6.45, 7) is 3.28. The Morgan fingerprint density at radius 2 is 2.38 bits per heavy atom. The van der Waals surface area contributed by atoms with E-state index in [1.54, 1.807) is 11.3 Å². The average Bonchev–Trinajstić information content (AvgIpc) is 2.83. The van der Waals surface area contributed by atoms with Gasteiger partial charge in [-0.3, -0.25) is 0 Å². The Kier molecular flexibility index (Phi) is 2.59. The van der Waals surface area contributed by atoms with Crippen LogP contribution in [0.15, 0.2) is 15.9 Å². The lowest BCUT2D eigenvalue weighted by Gasteiger charge is -2.17. The first-order valence-corrected chi connectivity index (χ1v) is 7.03. The van der Waals surface area contributed by atoms with E-state index in [9.17, 15) is 0 Å². The minimum atomic E-state index is 0.720. The number of halogens is 1. The summed E-state index contributed by atoms with van der Waals surface area (Å²) >= 11 is 5.15. The summed E-state index contributed by atoms with van der Waals surface area (Å²) in [6, 6.07) is 4.11. The average molecular weight is 298 g/mol. The number of aromatic nitrogens is 3. The molecule has 0 amide bonds. The molecule has 0 spiro atoms. The summed E-state index contributed by atoms with van der Waals surface area (Å²) in [6.07, 6.45) is 2.28. The molecule has 0 N–H and O–H groups in total. The van der Waals surface area contributed by atoms with Crippen molar-refractivity contribution in [1.82, 2.24) is 14.8 Å². The van der Waals surface area contributed by atoms with E-state index in [-0.39, 0.29) is 0 Å². The quantitative estimate of drug-likeness (QED) is 0.808. The summed E-state index contributed by atoms with van der Waals surface area (Å²) in [4.78, 5) is 5.75. The summed E-state index contributed by atoms with van der Waals surface area (Å²) in [7, 11) is 0. The van der Waals surface area contributed by atoms with Gasteiger partial charge in [0.05, 0.1) is 8.66 Å². The molecular formula is C11H12BrN3S. The normalized spacial score (nSPS) is 19.8. The van der Waals surface area contributed by atoms with E-state index < -0.39 is 0 Å². The van der Waals surface area contributed by atoms with Crippen LogP contribution >= 0.6 is 27.3 Å². The monoisotopic (exact) mass is 297 g/mol. The van der Waals surface area contributed by atoms with Crippen LogP contribution < -0.4 is 0 Å². The standard InChI is InChI=1S/C11H12BrN3S/c1-7-2-5-10-13-11(14-15(10)6-7)8-3-4-9(12)16-8/h3-4,7H,2,5-6H2,1H3. The fourth-order valence-electron chi connectivity index (χ4n) is 2.01. The molecule has 3 rings (SSSR count). The molecule has 1 aliphatic rings. The summed E-state index contributed by atoms with van der Waals surface area (Å²) in [5, 5.41) is 4.58. The molecule has 0 fully saturated rings. The highest BCUT2D eigenvalue weighted by Gasteiger charge is 2.19. The maximum atomic E-state index is 4.61. The SMILES string of the molecule is CC1CCc2nc(-c3ccc(Br)s3)nn2C1. The van der Waals surface area contributed by atoms with Crippen LogP contribution in [0.25, 0.3) is 10.7 Å². The molecule has 1 unspecified atom stereocenters. The molecule has 1 aliphatic heterocycles. The molecule has 2 aromatic rings. The number of fused-ring (bicyclic) bond motifs is 1. The van der Waals surface area contributed by atoms with Gasteiger partial charge in [-0.2, -0.15) is 0 Å².